The quantitative estimate of drug-likeness (QED) is 0.684. The number of hydrogen-bond acceptors (Lipinski definition) is 5. The van der Waals surface area contributed by atoms with E-state index in [1.54, 1.807) is 24.3 Å². The van der Waals surface area contributed by atoms with Gasteiger partial charge in [0.1, 0.15) is 16.8 Å². The van der Waals surface area contributed by atoms with Gasteiger partial charge in [-0.05, 0) is 36.2 Å². The molecule has 5 nitrogen and oxygen atoms in total. The lowest BCUT2D eigenvalue weighted by Gasteiger charge is -2.11. The van der Waals surface area contributed by atoms with Crippen LogP contribution in [0.3, 0.4) is 0 Å². The van der Waals surface area contributed by atoms with Crippen molar-refractivity contribution >= 4 is 35.0 Å². The Morgan fingerprint density at radius 2 is 2.15 bits per heavy atom. The maximum atomic E-state index is 12.2. The first kappa shape index (κ1) is 20.1. The number of methoxy groups -OCH3 is 1. The average molecular weight is 390 g/mol. The van der Waals surface area contributed by atoms with Gasteiger partial charge < -0.3 is 10.1 Å². The number of benzene rings is 1. The summed E-state index contributed by atoms with van der Waals surface area (Å²) >= 11 is 7.37. The molecule has 0 aliphatic carbocycles. The average Bonchev–Trinajstić information content (AvgIpc) is 2.61. The number of halogens is 1. The Hall–Kier alpha value is -2.23. The highest BCUT2D eigenvalue weighted by molar-refractivity contribution is 7.99. The van der Waals surface area contributed by atoms with E-state index in [1.807, 2.05) is 6.07 Å². The van der Waals surface area contributed by atoms with Crippen molar-refractivity contribution in [2.75, 3.05) is 18.2 Å². The summed E-state index contributed by atoms with van der Waals surface area (Å²) in [6.07, 6.45) is 0.277. The first-order valence-corrected chi connectivity index (χ1v) is 9.48. The molecule has 0 saturated heterocycles. The standard InChI is InChI=1S/C19H20ClN3O2S/c1-12(2)15-6-4-13(11-21)19(23-15)26-9-8-18(24)22-16-10-14(20)5-7-17(16)25-3/h4-7,10,12H,8-9H2,1-3H3,(H,22,24). The van der Waals surface area contributed by atoms with E-state index < -0.39 is 0 Å². The first-order chi connectivity index (χ1) is 12.4. The van der Waals surface area contributed by atoms with Crippen LogP contribution in [0.25, 0.3) is 0 Å². The van der Waals surface area contributed by atoms with Crippen LogP contribution in [-0.4, -0.2) is 23.8 Å². The van der Waals surface area contributed by atoms with Crippen LogP contribution in [0.1, 0.15) is 37.4 Å². The van der Waals surface area contributed by atoms with Crippen molar-refractivity contribution in [1.29, 1.82) is 5.26 Å². The van der Waals surface area contributed by atoms with E-state index >= 15 is 0 Å². The molecule has 0 radical (unpaired) electrons. The minimum Gasteiger partial charge on any atom is -0.495 e. The first-order valence-electron chi connectivity index (χ1n) is 8.11. The monoisotopic (exact) mass is 389 g/mol. The van der Waals surface area contributed by atoms with Crippen molar-refractivity contribution in [3.63, 3.8) is 0 Å². The third-order valence-corrected chi connectivity index (χ3v) is 4.83. The van der Waals surface area contributed by atoms with E-state index in [4.69, 9.17) is 16.3 Å². The number of pyridine rings is 1. The molecule has 0 spiro atoms. The van der Waals surface area contributed by atoms with E-state index in [2.05, 4.69) is 30.2 Å². The lowest BCUT2D eigenvalue weighted by atomic mass is 10.1. The minimum atomic E-state index is -0.156. The predicted molar refractivity (Wildman–Crippen MR) is 105 cm³/mol. The van der Waals surface area contributed by atoms with Gasteiger partial charge in [-0.25, -0.2) is 4.98 Å². The van der Waals surface area contributed by atoms with Gasteiger partial charge in [-0.15, -0.1) is 11.8 Å². The smallest absolute Gasteiger partial charge is 0.225 e. The second-order valence-corrected chi connectivity index (χ2v) is 7.37. The molecule has 2 rings (SSSR count). The highest BCUT2D eigenvalue weighted by Crippen LogP contribution is 2.28. The van der Waals surface area contributed by atoms with Crippen molar-refractivity contribution in [2.45, 2.75) is 31.2 Å². The third-order valence-electron chi connectivity index (χ3n) is 3.60. The number of nitrogens with one attached hydrogen (secondary N) is 1. The van der Waals surface area contributed by atoms with Crippen molar-refractivity contribution in [2.24, 2.45) is 0 Å². The lowest BCUT2D eigenvalue weighted by Crippen LogP contribution is -2.13. The van der Waals surface area contributed by atoms with E-state index in [1.165, 1.54) is 18.9 Å². The second kappa shape index (κ2) is 9.46. The van der Waals surface area contributed by atoms with Crippen LogP contribution in [0.4, 0.5) is 5.69 Å². The molecule has 0 atom stereocenters. The molecule has 0 aliphatic rings. The van der Waals surface area contributed by atoms with Gasteiger partial charge in [0.2, 0.25) is 5.91 Å². The molecule has 0 fully saturated rings. The Balaban J connectivity index is 1.98. The third kappa shape index (κ3) is 5.38. The summed E-state index contributed by atoms with van der Waals surface area (Å²) in [7, 11) is 1.53. The number of amides is 1. The summed E-state index contributed by atoms with van der Waals surface area (Å²) < 4.78 is 5.22. The summed E-state index contributed by atoms with van der Waals surface area (Å²) in [6, 6.07) is 10.8. The minimum absolute atomic E-state index is 0.156. The summed E-state index contributed by atoms with van der Waals surface area (Å²) in [6.45, 7) is 4.10. The van der Waals surface area contributed by atoms with Crippen molar-refractivity contribution < 1.29 is 9.53 Å². The number of carbonyl (C=O) groups is 1. The van der Waals surface area contributed by atoms with Crippen LogP contribution >= 0.6 is 23.4 Å². The molecule has 0 aliphatic heterocycles. The van der Waals surface area contributed by atoms with E-state index in [0.29, 0.717) is 32.8 Å². The van der Waals surface area contributed by atoms with Crippen molar-refractivity contribution in [3.05, 3.63) is 46.6 Å². The molecule has 1 heterocycles. The molecule has 0 saturated carbocycles. The molecule has 7 heteroatoms. The Bertz CT molecular complexity index is 834. The van der Waals surface area contributed by atoms with E-state index in [0.717, 1.165) is 5.69 Å². The van der Waals surface area contributed by atoms with Crippen molar-refractivity contribution in [1.82, 2.24) is 4.98 Å². The zero-order valence-electron chi connectivity index (χ0n) is 14.9. The molecular weight excluding hydrogens is 370 g/mol. The number of thioether (sulfide) groups is 1. The molecule has 1 amide bonds. The molecular formula is C19H20ClN3O2S. The summed E-state index contributed by atoms with van der Waals surface area (Å²) in [5.41, 5.74) is 1.99. The maximum absolute atomic E-state index is 12.2. The van der Waals surface area contributed by atoms with Gasteiger partial charge >= 0.3 is 0 Å². The van der Waals surface area contributed by atoms with E-state index in [9.17, 15) is 10.1 Å². The number of hydrogen-bond donors (Lipinski definition) is 1. The number of carbonyl (C=O) groups excluding carboxylic acids is 1. The number of nitriles is 1. The topological polar surface area (TPSA) is 75.0 Å². The molecule has 136 valence electrons. The lowest BCUT2D eigenvalue weighted by molar-refractivity contribution is -0.115. The molecule has 0 unspecified atom stereocenters. The largest absolute Gasteiger partial charge is 0.495 e. The highest BCUT2D eigenvalue weighted by atomic mass is 35.5. The van der Waals surface area contributed by atoms with Crippen molar-refractivity contribution in [3.8, 4) is 11.8 Å². The molecule has 26 heavy (non-hydrogen) atoms. The van der Waals surface area contributed by atoms with Gasteiger partial charge in [0, 0.05) is 22.9 Å². The Labute approximate surface area is 162 Å². The van der Waals surface area contributed by atoms with Gasteiger partial charge in [-0.2, -0.15) is 5.26 Å². The van der Waals surface area contributed by atoms with Gasteiger partial charge in [0.25, 0.3) is 0 Å². The molecule has 2 aromatic rings. The number of ether oxygens (including phenoxy) is 1. The normalized spacial score (nSPS) is 10.5. The second-order valence-electron chi connectivity index (χ2n) is 5.85. The summed E-state index contributed by atoms with van der Waals surface area (Å²) in [5, 5.41) is 13.2. The molecule has 1 aromatic carbocycles. The van der Waals surface area contributed by atoms with Crippen LogP contribution in [0.2, 0.25) is 5.02 Å². The Morgan fingerprint density at radius 3 is 2.81 bits per heavy atom. The number of anilines is 1. The van der Waals surface area contributed by atoms with E-state index in [-0.39, 0.29) is 18.2 Å². The number of rotatable bonds is 7. The van der Waals surface area contributed by atoms with Crippen LogP contribution in [0, 0.1) is 11.3 Å². The molecule has 0 bridgehead atoms. The predicted octanol–water partition coefficient (Wildman–Crippen LogP) is 4.86. The molecule has 1 N–H and O–H groups in total. The Kier molecular flexibility index (Phi) is 7.31. The summed E-state index contributed by atoms with van der Waals surface area (Å²) in [4.78, 5) is 16.7. The van der Waals surface area contributed by atoms with Crippen LogP contribution in [-0.2, 0) is 4.79 Å². The van der Waals surface area contributed by atoms with Crippen LogP contribution in [0.15, 0.2) is 35.4 Å². The van der Waals surface area contributed by atoms with Crippen LogP contribution < -0.4 is 10.1 Å². The fourth-order valence-corrected chi connectivity index (χ4v) is 3.29. The Morgan fingerprint density at radius 1 is 1.38 bits per heavy atom. The highest BCUT2D eigenvalue weighted by Gasteiger charge is 2.11. The van der Waals surface area contributed by atoms with Gasteiger partial charge in [0.05, 0.1) is 18.4 Å². The fourth-order valence-electron chi connectivity index (χ4n) is 2.20. The number of nitrogens with zero attached hydrogens (tertiary/aromatic N) is 2. The van der Waals surface area contributed by atoms with Gasteiger partial charge in [-0.3, -0.25) is 4.79 Å². The zero-order chi connectivity index (χ0) is 19.1. The van der Waals surface area contributed by atoms with Gasteiger partial charge in [-0.1, -0.05) is 25.4 Å². The fraction of sp³-hybridized carbons (Fsp3) is 0.316. The molecule has 1 aromatic heterocycles. The zero-order valence-corrected chi connectivity index (χ0v) is 16.4. The number of aromatic nitrogens is 1. The van der Waals surface area contributed by atoms with Gasteiger partial charge in [0.15, 0.2) is 0 Å². The summed E-state index contributed by atoms with van der Waals surface area (Å²) in [5.74, 6) is 1.18. The SMILES string of the molecule is COc1ccc(Cl)cc1NC(=O)CCSc1nc(C(C)C)ccc1C#N. The maximum Gasteiger partial charge on any atom is 0.225 e. The van der Waals surface area contributed by atoms with Crippen LogP contribution in [0.5, 0.6) is 5.75 Å².